The van der Waals surface area contributed by atoms with Crippen LogP contribution in [0, 0.1) is 0 Å². The molecule has 0 atom stereocenters. The molecule has 0 bridgehead atoms. The van der Waals surface area contributed by atoms with E-state index < -0.39 is 6.09 Å². The minimum atomic E-state index is -0.552. The number of esters is 1. The molecule has 1 aromatic rings. The molecule has 0 unspecified atom stereocenters. The summed E-state index contributed by atoms with van der Waals surface area (Å²) in [7, 11) is 1.28. The van der Waals surface area contributed by atoms with Crippen molar-refractivity contribution >= 4 is 17.7 Å². The third kappa shape index (κ3) is 3.27. The van der Waals surface area contributed by atoms with Crippen LogP contribution in [0.3, 0.4) is 0 Å². The molecule has 1 N–H and O–H groups in total. The molecule has 0 spiro atoms. The quantitative estimate of drug-likeness (QED) is 0.796. The number of hydrogen-bond donors (Lipinski definition) is 1. The molecule has 0 saturated heterocycles. The van der Waals surface area contributed by atoms with E-state index in [-0.39, 0.29) is 5.97 Å². The topological polar surface area (TPSA) is 64.6 Å². The van der Waals surface area contributed by atoms with Crippen LogP contribution in [0.2, 0.25) is 0 Å². The Morgan fingerprint density at radius 1 is 1.25 bits per heavy atom. The van der Waals surface area contributed by atoms with Crippen LogP contribution < -0.4 is 5.32 Å². The zero-order chi connectivity index (χ0) is 12.0. The first-order valence-electron chi connectivity index (χ1n) is 4.79. The first-order chi connectivity index (χ1) is 7.67. The Hall–Kier alpha value is -2.04. The van der Waals surface area contributed by atoms with Crippen molar-refractivity contribution in [1.29, 1.82) is 0 Å². The van der Waals surface area contributed by atoms with Gasteiger partial charge in [0.1, 0.15) is 0 Å². The van der Waals surface area contributed by atoms with Crippen molar-refractivity contribution in [3.63, 3.8) is 0 Å². The van der Waals surface area contributed by atoms with Crippen molar-refractivity contribution in [3.05, 3.63) is 29.8 Å². The summed E-state index contributed by atoms with van der Waals surface area (Å²) < 4.78 is 9.25. The molecule has 1 rings (SSSR count). The number of hydrogen-bond acceptors (Lipinski definition) is 4. The van der Waals surface area contributed by atoms with Gasteiger partial charge in [-0.1, -0.05) is 0 Å². The zero-order valence-corrected chi connectivity index (χ0v) is 9.15. The van der Waals surface area contributed by atoms with Crippen molar-refractivity contribution in [1.82, 2.24) is 0 Å². The van der Waals surface area contributed by atoms with Crippen molar-refractivity contribution in [2.75, 3.05) is 19.0 Å². The second-order valence-electron chi connectivity index (χ2n) is 2.91. The van der Waals surface area contributed by atoms with Gasteiger partial charge in [0.25, 0.3) is 0 Å². The first-order valence-corrected chi connectivity index (χ1v) is 4.79. The lowest BCUT2D eigenvalue weighted by Crippen LogP contribution is -2.11. The van der Waals surface area contributed by atoms with Gasteiger partial charge in [-0.2, -0.15) is 0 Å². The molecule has 1 aromatic carbocycles. The molecule has 16 heavy (non-hydrogen) atoms. The van der Waals surface area contributed by atoms with Crippen LogP contribution >= 0.6 is 0 Å². The van der Waals surface area contributed by atoms with Gasteiger partial charge in [0.05, 0.1) is 19.3 Å². The lowest BCUT2D eigenvalue weighted by atomic mass is 10.2. The van der Waals surface area contributed by atoms with E-state index in [0.717, 1.165) is 0 Å². The molecule has 5 heteroatoms. The third-order valence-electron chi connectivity index (χ3n) is 1.83. The molecule has 0 heterocycles. The molecule has 0 aliphatic rings. The van der Waals surface area contributed by atoms with Gasteiger partial charge in [0.2, 0.25) is 0 Å². The maximum Gasteiger partial charge on any atom is 0.411 e. The fraction of sp³-hybridized carbons (Fsp3) is 0.273. The van der Waals surface area contributed by atoms with Gasteiger partial charge in [-0.05, 0) is 31.2 Å². The minimum Gasteiger partial charge on any atom is -0.462 e. The molecular formula is C11H13NO4. The SMILES string of the molecule is CCOC(=O)c1ccc(NC(=O)OC)cc1. The molecule has 0 fully saturated rings. The maximum absolute atomic E-state index is 11.3. The highest BCUT2D eigenvalue weighted by Gasteiger charge is 2.06. The fourth-order valence-electron chi connectivity index (χ4n) is 1.07. The summed E-state index contributed by atoms with van der Waals surface area (Å²) >= 11 is 0. The van der Waals surface area contributed by atoms with E-state index in [1.165, 1.54) is 7.11 Å². The fourth-order valence-corrected chi connectivity index (χ4v) is 1.07. The van der Waals surface area contributed by atoms with Crippen LogP contribution in [0.5, 0.6) is 0 Å². The molecule has 0 radical (unpaired) electrons. The third-order valence-corrected chi connectivity index (χ3v) is 1.83. The van der Waals surface area contributed by atoms with E-state index in [9.17, 15) is 9.59 Å². The average molecular weight is 223 g/mol. The van der Waals surface area contributed by atoms with Gasteiger partial charge in [0, 0.05) is 5.69 Å². The van der Waals surface area contributed by atoms with E-state index in [0.29, 0.717) is 17.9 Å². The van der Waals surface area contributed by atoms with Crippen molar-refractivity contribution in [3.8, 4) is 0 Å². The Morgan fingerprint density at radius 3 is 2.38 bits per heavy atom. The largest absolute Gasteiger partial charge is 0.462 e. The zero-order valence-electron chi connectivity index (χ0n) is 9.15. The lowest BCUT2D eigenvalue weighted by Gasteiger charge is -2.05. The van der Waals surface area contributed by atoms with Gasteiger partial charge in [-0.25, -0.2) is 9.59 Å². The summed E-state index contributed by atoms with van der Waals surface area (Å²) in [5, 5.41) is 2.48. The number of benzene rings is 1. The molecule has 86 valence electrons. The molecular weight excluding hydrogens is 210 g/mol. The van der Waals surface area contributed by atoms with Crippen molar-refractivity contribution in [2.24, 2.45) is 0 Å². The Kier molecular flexibility index (Phi) is 4.32. The van der Waals surface area contributed by atoms with E-state index in [4.69, 9.17) is 4.74 Å². The van der Waals surface area contributed by atoms with Crippen LogP contribution in [0.15, 0.2) is 24.3 Å². The predicted molar refractivity (Wildman–Crippen MR) is 58.4 cm³/mol. The van der Waals surface area contributed by atoms with E-state index in [2.05, 4.69) is 10.1 Å². The number of nitrogens with one attached hydrogen (secondary N) is 1. The maximum atomic E-state index is 11.3. The summed E-state index contributed by atoms with van der Waals surface area (Å²) in [4.78, 5) is 22.2. The number of amides is 1. The van der Waals surface area contributed by atoms with Gasteiger partial charge in [0.15, 0.2) is 0 Å². The van der Waals surface area contributed by atoms with E-state index >= 15 is 0 Å². The molecule has 0 aliphatic heterocycles. The Bertz CT molecular complexity index is 372. The smallest absolute Gasteiger partial charge is 0.411 e. The highest BCUT2D eigenvalue weighted by atomic mass is 16.5. The first kappa shape index (κ1) is 12.0. The number of carbonyl (C=O) groups is 2. The Morgan fingerprint density at radius 2 is 1.88 bits per heavy atom. The monoisotopic (exact) mass is 223 g/mol. The van der Waals surface area contributed by atoms with Crippen LogP contribution in [-0.4, -0.2) is 25.8 Å². The lowest BCUT2D eigenvalue weighted by molar-refractivity contribution is 0.0526. The summed E-state index contributed by atoms with van der Waals surface area (Å²) in [6.07, 6.45) is -0.552. The van der Waals surface area contributed by atoms with Crippen LogP contribution in [-0.2, 0) is 9.47 Å². The molecule has 1 amide bonds. The van der Waals surface area contributed by atoms with E-state index in [1.807, 2.05) is 0 Å². The molecule has 0 aromatic heterocycles. The number of rotatable bonds is 3. The Balaban J connectivity index is 2.67. The standard InChI is InChI=1S/C11H13NO4/c1-3-16-10(13)8-4-6-9(7-5-8)12-11(14)15-2/h4-7H,3H2,1-2H3,(H,12,14). The minimum absolute atomic E-state index is 0.334. The number of carbonyl (C=O) groups excluding carboxylic acids is 2. The molecule has 0 aliphatic carbocycles. The number of anilines is 1. The highest BCUT2D eigenvalue weighted by Crippen LogP contribution is 2.10. The summed E-state index contributed by atoms with van der Waals surface area (Å²) in [6, 6.07) is 6.35. The normalized spacial score (nSPS) is 9.38. The van der Waals surface area contributed by atoms with Crippen molar-refractivity contribution < 1.29 is 19.1 Å². The number of methoxy groups -OCH3 is 1. The average Bonchev–Trinajstić information content (AvgIpc) is 2.30. The summed E-state index contributed by atoms with van der Waals surface area (Å²) in [5.41, 5.74) is 0.997. The van der Waals surface area contributed by atoms with Gasteiger partial charge < -0.3 is 9.47 Å². The Labute approximate surface area is 93.4 Å². The van der Waals surface area contributed by atoms with Gasteiger partial charge in [-0.3, -0.25) is 5.32 Å². The van der Waals surface area contributed by atoms with Crippen molar-refractivity contribution in [2.45, 2.75) is 6.92 Å². The van der Waals surface area contributed by atoms with E-state index in [1.54, 1.807) is 31.2 Å². The van der Waals surface area contributed by atoms with Crippen LogP contribution in [0.1, 0.15) is 17.3 Å². The highest BCUT2D eigenvalue weighted by molar-refractivity contribution is 5.91. The van der Waals surface area contributed by atoms with Gasteiger partial charge in [-0.15, -0.1) is 0 Å². The summed E-state index contributed by atoms with van der Waals surface area (Å²) in [5.74, 6) is -0.382. The molecule has 5 nitrogen and oxygen atoms in total. The number of ether oxygens (including phenoxy) is 2. The second kappa shape index (κ2) is 5.75. The van der Waals surface area contributed by atoms with Crippen LogP contribution in [0.4, 0.5) is 10.5 Å². The van der Waals surface area contributed by atoms with Crippen LogP contribution in [0.25, 0.3) is 0 Å². The van der Waals surface area contributed by atoms with Gasteiger partial charge >= 0.3 is 12.1 Å². The second-order valence-corrected chi connectivity index (χ2v) is 2.91. The summed E-state index contributed by atoms with van der Waals surface area (Å²) in [6.45, 7) is 2.08. The molecule has 0 saturated carbocycles. The predicted octanol–water partition coefficient (Wildman–Crippen LogP) is 2.04.